The first-order valence-corrected chi connectivity index (χ1v) is 8.64. The minimum absolute atomic E-state index is 0.733. The summed E-state index contributed by atoms with van der Waals surface area (Å²) >= 11 is 1.64. The fourth-order valence-electron chi connectivity index (χ4n) is 2.77. The number of anilines is 2. The number of aromatic nitrogens is 4. The third-order valence-electron chi connectivity index (χ3n) is 4.14. The number of nitrogens with one attached hydrogen (secondary N) is 1. The van der Waals surface area contributed by atoms with Crippen LogP contribution in [0.25, 0.3) is 22.3 Å². The van der Waals surface area contributed by atoms with Crippen LogP contribution in [0.3, 0.4) is 0 Å². The highest BCUT2D eigenvalue weighted by Gasteiger charge is 2.14. The van der Waals surface area contributed by atoms with Crippen molar-refractivity contribution in [2.45, 2.75) is 13.8 Å². The molecule has 0 aliphatic rings. The molecule has 0 saturated carbocycles. The average molecular weight is 335 g/mol. The number of hydrogen-bond donors (Lipinski definition) is 1. The molecule has 3 heterocycles. The summed E-state index contributed by atoms with van der Waals surface area (Å²) in [6.45, 7) is 4.05. The monoisotopic (exact) mass is 335 g/mol. The summed E-state index contributed by atoms with van der Waals surface area (Å²) in [5.41, 5.74) is 4.99. The summed E-state index contributed by atoms with van der Waals surface area (Å²) in [4.78, 5) is 9.48. The molecule has 24 heavy (non-hydrogen) atoms. The predicted molar refractivity (Wildman–Crippen MR) is 98.8 cm³/mol. The summed E-state index contributed by atoms with van der Waals surface area (Å²) in [5, 5.41) is 13.0. The lowest BCUT2D eigenvalue weighted by Gasteiger charge is -2.11. The number of nitrogens with zero attached hydrogens (tertiary/aromatic N) is 4. The Hall–Kier alpha value is -2.73. The topological polar surface area (TPSA) is 55.6 Å². The molecule has 0 fully saturated rings. The molecular formula is C18H17N5S. The molecule has 1 N–H and O–H groups in total. The van der Waals surface area contributed by atoms with Crippen LogP contribution in [-0.2, 0) is 7.05 Å². The lowest BCUT2D eigenvalue weighted by Crippen LogP contribution is -2.01. The van der Waals surface area contributed by atoms with Crippen LogP contribution in [-0.4, -0.2) is 19.7 Å². The van der Waals surface area contributed by atoms with Gasteiger partial charge in [-0.1, -0.05) is 12.1 Å². The van der Waals surface area contributed by atoms with E-state index in [2.05, 4.69) is 15.8 Å². The first-order valence-electron chi connectivity index (χ1n) is 7.70. The Labute approximate surface area is 144 Å². The van der Waals surface area contributed by atoms with Gasteiger partial charge in [0.2, 0.25) is 0 Å². The SMILES string of the molecule is Cc1nn(C)c(C)c1Nc1nc(-c2ccsc2)nc2ccccc12. The first-order chi connectivity index (χ1) is 11.6. The fraction of sp³-hybridized carbons (Fsp3) is 0.167. The first kappa shape index (κ1) is 14.8. The summed E-state index contributed by atoms with van der Waals surface area (Å²) in [5.74, 6) is 1.54. The Morgan fingerprint density at radius 1 is 1.08 bits per heavy atom. The van der Waals surface area contributed by atoms with Crippen molar-refractivity contribution in [3.8, 4) is 11.4 Å². The molecule has 120 valence electrons. The second kappa shape index (κ2) is 5.72. The van der Waals surface area contributed by atoms with E-state index < -0.39 is 0 Å². The molecule has 4 rings (SSSR count). The molecule has 0 spiro atoms. The average Bonchev–Trinajstić information content (AvgIpc) is 3.20. The second-order valence-corrected chi connectivity index (χ2v) is 6.50. The molecule has 0 saturated heterocycles. The summed E-state index contributed by atoms with van der Waals surface area (Å²) in [6, 6.07) is 10.1. The lowest BCUT2D eigenvalue weighted by atomic mass is 10.2. The van der Waals surface area contributed by atoms with E-state index >= 15 is 0 Å². The Morgan fingerprint density at radius 2 is 1.92 bits per heavy atom. The molecule has 0 amide bonds. The Kier molecular flexibility index (Phi) is 3.54. The summed E-state index contributed by atoms with van der Waals surface area (Å²) < 4.78 is 1.88. The smallest absolute Gasteiger partial charge is 0.163 e. The largest absolute Gasteiger partial charge is 0.337 e. The number of thiophene rings is 1. The van der Waals surface area contributed by atoms with Crippen molar-refractivity contribution >= 4 is 33.7 Å². The van der Waals surface area contributed by atoms with Gasteiger partial charge in [0, 0.05) is 23.4 Å². The van der Waals surface area contributed by atoms with Crippen LogP contribution in [0.15, 0.2) is 41.1 Å². The number of aryl methyl sites for hydroxylation is 2. The molecule has 0 atom stereocenters. The van der Waals surface area contributed by atoms with Crippen LogP contribution in [0.2, 0.25) is 0 Å². The second-order valence-electron chi connectivity index (χ2n) is 5.72. The van der Waals surface area contributed by atoms with Gasteiger partial charge in [-0.3, -0.25) is 4.68 Å². The van der Waals surface area contributed by atoms with Gasteiger partial charge in [0.1, 0.15) is 5.82 Å². The number of fused-ring (bicyclic) bond motifs is 1. The molecule has 0 bridgehead atoms. The van der Waals surface area contributed by atoms with E-state index in [-0.39, 0.29) is 0 Å². The van der Waals surface area contributed by atoms with E-state index in [1.54, 1.807) is 11.3 Å². The van der Waals surface area contributed by atoms with E-state index in [1.165, 1.54) is 0 Å². The van der Waals surface area contributed by atoms with Crippen LogP contribution in [0.1, 0.15) is 11.4 Å². The maximum atomic E-state index is 4.78. The Bertz CT molecular complexity index is 1020. The van der Waals surface area contributed by atoms with Gasteiger partial charge in [-0.15, -0.1) is 0 Å². The number of para-hydroxylation sites is 1. The van der Waals surface area contributed by atoms with Gasteiger partial charge in [0.25, 0.3) is 0 Å². The summed E-state index contributed by atoms with van der Waals surface area (Å²) in [6.07, 6.45) is 0. The highest BCUT2D eigenvalue weighted by atomic mass is 32.1. The van der Waals surface area contributed by atoms with Gasteiger partial charge >= 0.3 is 0 Å². The van der Waals surface area contributed by atoms with E-state index in [1.807, 2.05) is 61.3 Å². The molecule has 1 aromatic carbocycles. The minimum atomic E-state index is 0.733. The molecule has 0 aliphatic heterocycles. The van der Waals surface area contributed by atoms with E-state index in [0.29, 0.717) is 0 Å². The number of benzene rings is 1. The van der Waals surface area contributed by atoms with Crippen molar-refractivity contribution < 1.29 is 0 Å². The van der Waals surface area contributed by atoms with Gasteiger partial charge in [-0.2, -0.15) is 16.4 Å². The third-order valence-corrected chi connectivity index (χ3v) is 4.82. The van der Waals surface area contributed by atoms with E-state index in [9.17, 15) is 0 Å². The molecule has 0 unspecified atom stereocenters. The molecule has 5 nitrogen and oxygen atoms in total. The van der Waals surface area contributed by atoms with Crippen LogP contribution in [0, 0.1) is 13.8 Å². The Morgan fingerprint density at radius 3 is 2.62 bits per heavy atom. The maximum Gasteiger partial charge on any atom is 0.163 e. The maximum absolute atomic E-state index is 4.78. The predicted octanol–water partition coefficient (Wildman–Crippen LogP) is 4.45. The normalized spacial score (nSPS) is 11.1. The third kappa shape index (κ3) is 2.45. The zero-order valence-corrected chi connectivity index (χ0v) is 14.6. The van der Waals surface area contributed by atoms with Crippen molar-refractivity contribution in [1.29, 1.82) is 0 Å². The number of rotatable bonds is 3. The van der Waals surface area contributed by atoms with Gasteiger partial charge in [0.05, 0.1) is 22.6 Å². The van der Waals surface area contributed by atoms with E-state index in [0.717, 1.165) is 45.2 Å². The quantitative estimate of drug-likeness (QED) is 0.601. The molecule has 4 aromatic rings. The van der Waals surface area contributed by atoms with Gasteiger partial charge < -0.3 is 5.32 Å². The van der Waals surface area contributed by atoms with Crippen molar-refractivity contribution in [1.82, 2.24) is 19.7 Å². The molecule has 0 aliphatic carbocycles. The Balaban J connectivity index is 1.90. The molecule has 6 heteroatoms. The number of hydrogen-bond acceptors (Lipinski definition) is 5. The van der Waals surface area contributed by atoms with Crippen LogP contribution in [0.4, 0.5) is 11.5 Å². The van der Waals surface area contributed by atoms with Gasteiger partial charge in [-0.25, -0.2) is 9.97 Å². The van der Waals surface area contributed by atoms with Crippen molar-refractivity contribution in [3.05, 3.63) is 52.5 Å². The van der Waals surface area contributed by atoms with Gasteiger partial charge in [0.15, 0.2) is 5.82 Å². The van der Waals surface area contributed by atoms with Crippen molar-refractivity contribution in [3.63, 3.8) is 0 Å². The highest BCUT2D eigenvalue weighted by molar-refractivity contribution is 7.08. The summed E-state index contributed by atoms with van der Waals surface area (Å²) in [7, 11) is 1.95. The van der Waals surface area contributed by atoms with E-state index in [4.69, 9.17) is 9.97 Å². The fourth-order valence-corrected chi connectivity index (χ4v) is 3.40. The minimum Gasteiger partial charge on any atom is -0.337 e. The highest BCUT2D eigenvalue weighted by Crippen LogP contribution is 2.30. The standard InChI is InChI=1S/C18H17N5S/c1-11-16(12(2)23(3)22-11)20-18-14-6-4-5-7-15(14)19-17(21-18)13-8-9-24-10-13/h4-10H,1-3H3,(H,19,20,21). The van der Waals surface area contributed by atoms with Crippen molar-refractivity contribution in [2.24, 2.45) is 7.05 Å². The van der Waals surface area contributed by atoms with Crippen LogP contribution >= 0.6 is 11.3 Å². The van der Waals surface area contributed by atoms with Gasteiger partial charge in [-0.05, 0) is 37.4 Å². The molecular weight excluding hydrogens is 318 g/mol. The van der Waals surface area contributed by atoms with Crippen LogP contribution in [0.5, 0.6) is 0 Å². The lowest BCUT2D eigenvalue weighted by molar-refractivity contribution is 0.731. The molecule has 0 radical (unpaired) electrons. The zero-order valence-electron chi connectivity index (χ0n) is 13.7. The van der Waals surface area contributed by atoms with Crippen LogP contribution < -0.4 is 5.32 Å². The van der Waals surface area contributed by atoms with Crippen molar-refractivity contribution in [2.75, 3.05) is 5.32 Å². The zero-order chi connectivity index (χ0) is 16.7. The molecule has 3 aromatic heterocycles.